The molecule has 0 fully saturated rings. The molecular formula is C6H6I-. The number of rotatable bonds is 0. The van der Waals surface area contributed by atoms with E-state index in [9.17, 15) is 0 Å². The van der Waals surface area contributed by atoms with Gasteiger partial charge in [0, 0.05) is 0 Å². The van der Waals surface area contributed by atoms with Crippen LogP contribution in [0.3, 0.4) is 0 Å². The molecule has 0 nitrogen and oxygen atoms in total. The fourth-order valence-electron chi connectivity index (χ4n) is 0.344. The van der Waals surface area contributed by atoms with Crippen molar-refractivity contribution < 1.29 is 21.2 Å². The average Bonchev–Trinajstić information content (AvgIpc) is 1.91. The maximum atomic E-state index is 3.82. The van der Waals surface area contributed by atoms with E-state index in [1.54, 1.807) is 0 Å². The predicted octanol–water partition coefficient (Wildman–Crippen LogP) is -1.33. The van der Waals surface area contributed by atoms with E-state index in [1.807, 2.05) is 0 Å². The van der Waals surface area contributed by atoms with E-state index in [0.717, 1.165) is 5.57 Å². The topological polar surface area (TPSA) is 0 Å². The van der Waals surface area contributed by atoms with Gasteiger partial charge < -0.3 is 0 Å². The zero-order valence-electron chi connectivity index (χ0n) is 3.95. The van der Waals surface area contributed by atoms with Crippen molar-refractivity contribution in [3.05, 3.63) is 32.5 Å². The standard InChI is InChI=1S/C6H6I/c1-5-3-4-7-6(5)2/h3-4H,1-2H2/q-1. The SMILES string of the molecule is C=C1C=C[I-]C1=C. The van der Waals surface area contributed by atoms with Gasteiger partial charge in [-0.25, -0.2) is 0 Å². The molecule has 1 heterocycles. The van der Waals surface area contributed by atoms with Gasteiger partial charge in [-0.1, -0.05) is 0 Å². The first kappa shape index (κ1) is 5.09. The summed E-state index contributed by atoms with van der Waals surface area (Å²) in [6, 6.07) is 0. The second-order valence-electron chi connectivity index (χ2n) is 1.33. The van der Waals surface area contributed by atoms with Crippen LogP contribution in [0.1, 0.15) is 0 Å². The van der Waals surface area contributed by atoms with Crippen molar-refractivity contribution in [2.24, 2.45) is 0 Å². The Bertz CT molecular complexity index is 142. The van der Waals surface area contributed by atoms with E-state index in [0.29, 0.717) is 0 Å². The van der Waals surface area contributed by atoms with E-state index < -0.39 is 0 Å². The Labute approximate surface area is 53.9 Å². The third kappa shape index (κ3) is 0.938. The molecule has 1 aliphatic heterocycles. The molecule has 0 aromatic rings. The molecule has 0 aromatic heterocycles. The molecule has 0 unspecified atom stereocenters. The third-order valence-electron chi connectivity index (χ3n) is 0.807. The molecule has 7 heavy (non-hydrogen) atoms. The molecule has 0 saturated heterocycles. The Morgan fingerprint density at radius 1 is 1.43 bits per heavy atom. The Morgan fingerprint density at radius 2 is 2.14 bits per heavy atom. The van der Waals surface area contributed by atoms with Gasteiger partial charge in [0.25, 0.3) is 0 Å². The minimum absolute atomic E-state index is 0.165. The Balaban J connectivity index is 2.81. The van der Waals surface area contributed by atoms with Crippen molar-refractivity contribution >= 4 is 0 Å². The van der Waals surface area contributed by atoms with Gasteiger partial charge in [-0.05, 0) is 0 Å². The molecular weight excluding hydrogens is 199 g/mol. The van der Waals surface area contributed by atoms with E-state index in [-0.39, 0.29) is 21.2 Å². The summed E-state index contributed by atoms with van der Waals surface area (Å²) >= 11 is 0.165. The van der Waals surface area contributed by atoms with Gasteiger partial charge in [0.1, 0.15) is 0 Å². The first-order valence-corrected chi connectivity index (χ1v) is 4.31. The maximum absolute atomic E-state index is 3.82. The van der Waals surface area contributed by atoms with Crippen molar-refractivity contribution in [2.75, 3.05) is 0 Å². The van der Waals surface area contributed by atoms with Gasteiger partial charge >= 0.3 is 53.7 Å². The van der Waals surface area contributed by atoms with Crippen LogP contribution in [-0.2, 0) is 0 Å². The van der Waals surface area contributed by atoms with E-state index in [4.69, 9.17) is 0 Å². The average molecular weight is 205 g/mol. The first-order valence-electron chi connectivity index (χ1n) is 1.99. The number of hydrogen-bond donors (Lipinski definition) is 0. The van der Waals surface area contributed by atoms with E-state index in [1.165, 1.54) is 3.58 Å². The molecule has 0 saturated carbocycles. The monoisotopic (exact) mass is 205 g/mol. The van der Waals surface area contributed by atoms with E-state index >= 15 is 0 Å². The second-order valence-corrected chi connectivity index (χ2v) is 3.98. The van der Waals surface area contributed by atoms with Gasteiger partial charge in [0.15, 0.2) is 0 Å². The van der Waals surface area contributed by atoms with Crippen LogP contribution in [0.25, 0.3) is 0 Å². The first-order chi connectivity index (χ1) is 3.30. The molecule has 0 spiro atoms. The molecule has 0 N–H and O–H groups in total. The molecule has 0 atom stereocenters. The number of hydrogen-bond acceptors (Lipinski definition) is 0. The van der Waals surface area contributed by atoms with Crippen LogP contribution in [-0.4, -0.2) is 0 Å². The summed E-state index contributed by atoms with van der Waals surface area (Å²) in [4.78, 5) is 0. The van der Waals surface area contributed by atoms with Crippen LogP contribution in [0.4, 0.5) is 0 Å². The van der Waals surface area contributed by atoms with Crippen molar-refractivity contribution in [3.63, 3.8) is 0 Å². The van der Waals surface area contributed by atoms with Crippen molar-refractivity contribution in [2.45, 2.75) is 0 Å². The minimum atomic E-state index is 0.165. The second kappa shape index (κ2) is 1.82. The number of halogens is 1. The van der Waals surface area contributed by atoms with Gasteiger partial charge in [-0.2, -0.15) is 0 Å². The molecule has 0 aliphatic carbocycles. The summed E-state index contributed by atoms with van der Waals surface area (Å²) < 4.78 is 3.45. The number of allylic oxidation sites excluding steroid dienone is 3. The predicted molar refractivity (Wildman–Crippen MR) is 27.4 cm³/mol. The Hall–Kier alpha value is -0.0500. The van der Waals surface area contributed by atoms with Crippen LogP contribution in [0, 0.1) is 0 Å². The summed E-state index contributed by atoms with van der Waals surface area (Å²) in [7, 11) is 0. The summed E-state index contributed by atoms with van der Waals surface area (Å²) in [6.45, 7) is 7.60. The molecule has 1 aliphatic rings. The van der Waals surface area contributed by atoms with Gasteiger partial charge in [0.05, 0.1) is 0 Å². The van der Waals surface area contributed by atoms with Gasteiger partial charge in [-0.15, -0.1) is 0 Å². The Morgan fingerprint density at radius 3 is 2.29 bits per heavy atom. The summed E-state index contributed by atoms with van der Waals surface area (Å²) in [5.74, 6) is 0. The molecule has 0 aromatic carbocycles. The van der Waals surface area contributed by atoms with Crippen molar-refractivity contribution in [1.29, 1.82) is 0 Å². The normalized spacial score (nSPS) is 20.0. The molecule has 0 amide bonds. The molecule has 1 rings (SSSR count). The third-order valence-corrected chi connectivity index (χ3v) is 2.97. The fraction of sp³-hybridized carbons (Fsp3) is 0. The van der Waals surface area contributed by atoms with Gasteiger partial charge in [0.2, 0.25) is 0 Å². The molecule has 0 radical (unpaired) electrons. The van der Waals surface area contributed by atoms with Crippen LogP contribution >= 0.6 is 0 Å². The summed E-state index contributed by atoms with van der Waals surface area (Å²) in [6.07, 6.45) is 2.05. The summed E-state index contributed by atoms with van der Waals surface area (Å²) in [5.41, 5.74) is 1.13. The van der Waals surface area contributed by atoms with Crippen LogP contribution in [0.5, 0.6) is 0 Å². The Kier molecular flexibility index (Phi) is 1.32. The molecule has 38 valence electrons. The fourth-order valence-corrected chi connectivity index (χ4v) is 1.97. The van der Waals surface area contributed by atoms with Crippen LogP contribution < -0.4 is 21.2 Å². The van der Waals surface area contributed by atoms with Gasteiger partial charge in [-0.3, -0.25) is 0 Å². The zero-order valence-corrected chi connectivity index (χ0v) is 6.10. The summed E-state index contributed by atoms with van der Waals surface area (Å²) in [5, 5.41) is 0. The molecule has 0 bridgehead atoms. The van der Waals surface area contributed by atoms with Crippen LogP contribution in [0.15, 0.2) is 32.5 Å². The zero-order chi connectivity index (χ0) is 5.28. The quantitative estimate of drug-likeness (QED) is 0.430. The molecule has 1 heteroatoms. The van der Waals surface area contributed by atoms with Crippen molar-refractivity contribution in [3.8, 4) is 0 Å². The van der Waals surface area contributed by atoms with E-state index in [2.05, 4.69) is 23.3 Å². The van der Waals surface area contributed by atoms with Crippen LogP contribution in [0.2, 0.25) is 0 Å². The van der Waals surface area contributed by atoms with Crippen molar-refractivity contribution in [1.82, 2.24) is 0 Å².